The summed E-state index contributed by atoms with van der Waals surface area (Å²) in [5.41, 5.74) is 2.48. The van der Waals surface area contributed by atoms with Gasteiger partial charge in [-0.3, -0.25) is 0 Å². The molecule has 2 aliphatic heterocycles. The topological polar surface area (TPSA) is 112 Å². The summed E-state index contributed by atoms with van der Waals surface area (Å²) in [4.78, 5) is 26.4. The van der Waals surface area contributed by atoms with E-state index in [2.05, 4.69) is 30.4 Å². The zero-order chi connectivity index (χ0) is 24.9. The van der Waals surface area contributed by atoms with Gasteiger partial charge in [-0.25, -0.2) is 19.4 Å². The van der Waals surface area contributed by atoms with Crippen molar-refractivity contribution >= 4 is 28.6 Å². The SMILES string of the molecule is CNCCN1CCC(n2ncc3c(N4CCOCC4)nc(-c4ccc(NC(=O)NC)cc4)nc32)CC1. The van der Waals surface area contributed by atoms with E-state index < -0.39 is 0 Å². The number of carbonyl (C=O) groups excluding carboxylic acids is 1. The van der Waals surface area contributed by atoms with Crippen molar-refractivity contribution in [1.29, 1.82) is 0 Å². The van der Waals surface area contributed by atoms with Gasteiger partial charge in [0.05, 0.1) is 30.8 Å². The Morgan fingerprint density at radius 1 is 1.06 bits per heavy atom. The number of hydrogen-bond acceptors (Lipinski definition) is 8. The number of benzene rings is 1. The van der Waals surface area contributed by atoms with Gasteiger partial charge in [-0.2, -0.15) is 5.10 Å². The Labute approximate surface area is 211 Å². The van der Waals surface area contributed by atoms with Crippen LogP contribution in [-0.4, -0.2) is 97.3 Å². The predicted octanol–water partition coefficient (Wildman–Crippen LogP) is 1.94. The average Bonchev–Trinajstić information content (AvgIpc) is 3.36. The number of nitrogens with one attached hydrogen (secondary N) is 3. The minimum Gasteiger partial charge on any atom is -0.378 e. The van der Waals surface area contributed by atoms with Crippen molar-refractivity contribution in [2.75, 3.05) is 76.8 Å². The molecular formula is C25H35N9O2. The second kappa shape index (κ2) is 11.2. The number of ether oxygens (including phenoxy) is 1. The maximum Gasteiger partial charge on any atom is 0.318 e. The highest BCUT2D eigenvalue weighted by Crippen LogP contribution is 2.32. The van der Waals surface area contributed by atoms with Gasteiger partial charge >= 0.3 is 6.03 Å². The van der Waals surface area contributed by atoms with E-state index in [4.69, 9.17) is 19.8 Å². The molecule has 5 rings (SSSR count). The van der Waals surface area contributed by atoms with Crippen LogP contribution in [0.5, 0.6) is 0 Å². The van der Waals surface area contributed by atoms with Crippen molar-refractivity contribution in [3.8, 4) is 11.4 Å². The van der Waals surface area contributed by atoms with Gasteiger partial charge in [0.15, 0.2) is 11.5 Å². The first kappa shape index (κ1) is 24.4. The van der Waals surface area contributed by atoms with Gasteiger partial charge in [0.2, 0.25) is 0 Å². The molecule has 1 aromatic carbocycles. The minimum atomic E-state index is -0.254. The lowest BCUT2D eigenvalue weighted by Gasteiger charge is -2.32. The number of likely N-dealkylation sites (N-methyl/N-ethyl adjacent to an activating group) is 1. The summed E-state index contributed by atoms with van der Waals surface area (Å²) in [6.07, 6.45) is 4.02. The zero-order valence-electron chi connectivity index (χ0n) is 21.0. The molecular weight excluding hydrogens is 458 g/mol. The maximum absolute atomic E-state index is 11.7. The van der Waals surface area contributed by atoms with E-state index in [9.17, 15) is 4.79 Å². The van der Waals surface area contributed by atoms with Gasteiger partial charge < -0.3 is 30.5 Å². The quantitative estimate of drug-likeness (QED) is 0.458. The first-order valence-electron chi connectivity index (χ1n) is 12.7. The van der Waals surface area contributed by atoms with E-state index >= 15 is 0 Å². The zero-order valence-corrected chi connectivity index (χ0v) is 21.0. The fraction of sp³-hybridized carbons (Fsp3) is 0.520. The number of amides is 2. The third-order valence-corrected chi connectivity index (χ3v) is 6.95. The third kappa shape index (κ3) is 5.28. The average molecular weight is 494 g/mol. The van der Waals surface area contributed by atoms with E-state index in [1.54, 1.807) is 7.05 Å². The number of fused-ring (bicyclic) bond motifs is 1. The number of likely N-dealkylation sites (tertiary alicyclic amines) is 1. The highest BCUT2D eigenvalue weighted by atomic mass is 16.5. The molecule has 4 heterocycles. The molecule has 3 N–H and O–H groups in total. The molecule has 11 nitrogen and oxygen atoms in total. The molecule has 3 aromatic rings. The van der Waals surface area contributed by atoms with Crippen LogP contribution in [0.2, 0.25) is 0 Å². The van der Waals surface area contributed by atoms with Crippen LogP contribution in [0.25, 0.3) is 22.4 Å². The van der Waals surface area contributed by atoms with Gasteiger partial charge in [-0.1, -0.05) is 0 Å². The third-order valence-electron chi connectivity index (χ3n) is 6.95. The summed E-state index contributed by atoms with van der Waals surface area (Å²) >= 11 is 0. The van der Waals surface area contributed by atoms with Gasteiger partial charge in [-0.05, 0) is 44.2 Å². The number of nitrogens with zero attached hydrogens (tertiary/aromatic N) is 6. The monoisotopic (exact) mass is 493 g/mol. The number of urea groups is 1. The van der Waals surface area contributed by atoms with Crippen LogP contribution < -0.4 is 20.9 Å². The maximum atomic E-state index is 11.7. The summed E-state index contributed by atoms with van der Waals surface area (Å²) in [7, 11) is 3.59. The normalized spacial score (nSPS) is 17.4. The Morgan fingerprint density at radius 3 is 2.50 bits per heavy atom. The van der Waals surface area contributed by atoms with Crippen molar-refractivity contribution < 1.29 is 9.53 Å². The number of piperidine rings is 1. The first-order valence-corrected chi connectivity index (χ1v) is 12.7. The fourth-order valence-corrected chi connectivity index (χ4v) is 4.88. The summed E-state index contributed by atoms with van der Waals surface area (Å²) < 4.78 is 7.70. The van der Waals surface area contributed by atoms with Crippen LogP contribution in [0.1, 0.15) is 18.9 Å². The lowest BCUT2D eigenvalue weighted by molar-refractivity contribution is 0.122. The van der Waals surface area contributed by atoms with Gasteiger partial charge in [0.25, 0.3) is 0 Å². The van der Waals surface area contributed by atoms with Crippen LogP contribution in [0.4, 0.5) is 16.3 Å². The Morgan fingerprint density at radius 2 is 1.81 bits per heavy atom. The molecule has 2 fully saturated rings. The molecule has 0 saturated carbocycles. The summed E-state index contributed by atoms with van der Waals surface area (Å²) in [5.74, 6) is 1.56. The summed E-state index contributed by atoms with van der Waals surface area (Å²) in [5, 5.41) is 14.4. The highest BCUT2D eigenvalue weighted by Gasteiger charge is 2.26. The van der Waals surface area contributed by atoms with Gasteiger partial charge in [0, 0.05) is 57.6 Å². The van der Waals surface area contributed by atoms with Crippen LogP contribution in [0.15, 0.2) is 30.5 Å². The smallest absolute Gasteiger partial charge is 0.318 e. The van der Waals surface area contributed by atoms with Crippen LogP contribution in [0.3, 0.4) is 0 Å². The first-order chi connectivity index (χ1) is 17.7. The summed E-state index contributed by atoms with van der Waals surface area (Å²) in [6.45, 7) is 7.13. The molecule has 0 spiro atoms. The van der Waals surface area contributed by atoms with Crippen molar-refractivity contribution in [2.24, 2.45) is 0 Å². The molecule has 0 unspecified atom stereocenters. The Balaban J connectivity index is 1.47. The van der Waals surface area contributed by atoms with E-state index in [1.807, 2.05) is 37.5 Å². The van der Waals surface area contributed by atoms with E-state index in [1.165, 1.54) is 0 Å². The lowest BCUT2D eigenvalue weighted by Crippen LogP contribution is -2.38. The highest BCUT2D eigenvalue weighted by molar-refractivity contribution is 5.90. The standard InChI is InChI=1S/C25H35N9O2/c1-26-9-12-32-10-7-20(8-11-32)34-24-21(17-28-34)23(33-13-15-36-16-14-33)30-22(31-24)18-3-5-19(6-4-18)29-25(35)27-2/h3-6,17,20,26H,7-16H2,1-2H3,(H2,27,29,35). The molecule has 0 atom stereocenters. The Bertz CT molecular complexity index is 1170. The number of morpholine rings is 1. The second-order valence-corrected chi connectivity index (χ2v) is 9.25. The number of carbonyl (C=O) groups is 1. The molecule has 2 aromatic heterocycles. The van der Waals surface area contributed by atoms with Crippen LogP contribution >= 0.6 is 0 Å². The Hall–Kier alpha value is -3.28. The molecule has 192 valence electrons. The molecule has 0 bridgehead atoms. The van der Waals surface area contributed by atoms with Crippen molar-refractivity contribution in [3.05, 3.63) is 30.5 Å². The lowest BCUT2D eigenvalue weighted by atomic mass is 10.1. The largest absolute Gasteiger partial charge is 0.378 e. The summed E-state index contributed by atoms with van der Waals surface area (Å²) in [6, 6.07) is 7.67. The van der Waals surface area contributed by atoms with Crippen molar-refractivity contribution in [1.82, 2.24) is 35.3 Å². The number of rotatable bonds is 7. The van der Waals surface area contributed by atoms with Crippen LogP contribution in [-0.2, 0) is 4.74 Å². The predicted molar refractivity (Wildman–Crippen MR) is 141 cm³/mol. The number of hydrogen-bond donors (Lipinski definition) is 3. The number of aromatic nitrogens is 4. The van der Waals surface area contributed by atoms with E-state index in [0.29, 0.717) is 30.8 Å². The van der Waals surface area contributed by atoms with Gasteiger partial charge in [0.1, 0.15) is 5.82 Å². The van der Waals surface area contributed by atoms with E-state index in [0.717, 1.165) is 74.5 Å². The van der Waals surface area contributed by atoms with Crippen molar-refractivity contribution in [2.45, 2.75) is 18.9 Å². The van der Waals surface area contributed by atoms with Crippen molar-refractivity contribution in [3.63, 3.8) is 0 Å². The number of anilines is 2. The molecule has 2 aliphatic rings. The fourth-order valence-electron chi connectivity index (χ4n) is 4.88. The second-order valence-electron chi connectivity index (χ2n) is 9.25. The molecule has 0 aliphatic carbocycles. The molecule has 11 heteroatoms. The molecule has 0 radical (unpaired) electrons. The minimum absolute atomic E-state index is 0.254. The van der Waals surface area contributed by atoms with E-state index in [-0.39, 0.29) is 6.03 Å². The molecule has 36 heavy (non-hydrogen) atoms. The Kier molecular flexibility index (Phi) is 7.59. The van der Waals surface area contributed by atoms with Crippen LogP contribution in [0, 0.1) is 0 Å². The van der Waals surface area contributed by atoms with Gasteiger partial charge in [-0.15, -0.1) is 0 Å². The molecule has 2 amide bonds. The molecule has 2 saturated heterocycles.